The molecule has 0 amide bonds. The van der Waals surface area contributed by atoms with Crippen molar-refractivity contribution >= 4 is 17.3 Å². The lowest BCUT2D eigenvalue weighted by Gasteiger charge is -2.19. The van der Waals surface area contributed by atoms with Crippen LogP contribution < -0.4 is 10.6 Å². The van der Waals surface area contributed by atoms with Gasteiger partial charge in [-0.3, -0.25) is 0 Å². The van der Waals surface area contributed by atoms with E-state index in [-0.39, 0.29) is 5.54 Å². The van der Waals surface area contributed by atoms with Gasteiger partial charge in [0.2, 0.25) is 0 Å². The maximum absolute atomic E-state index is 6.10. The molecule has 88 valence electrons. The lowest BCUT2D eigenvalue weighted by atomic mass is 10.0. The number of anilines is 1. The van der Waals surface area contributed by atoms with Crippen LogP contribution in [0.15, 0.2) is 18.2 Å². The van der Waals surface area contributed by atoms with Gasteiger partial charge in [-0.25, -0.2) is 0 Å². The van der Waals surface area contributed by atoms with E-state index in [0.29, 0.717) is 6.04 Å². The van der Waals surface area contributed by atoms with Gasteiger partial charge in [-0.15, -0.1) is 0 Å². The quantitative estimate of drug-likeness (QED) is 0.827. The zero-order chi connectivity index (χ0) is 11.8. The highest BCUT2D eigenvalue weighted by atomic mass is 35.5. The fourth-order valence-corrected chi connectivity index (χ4v) is 2.42. The summed E-state index contributed by atoms with van der Waals surface area (Å²) in [5.41, 5.74) is 2.52. The van der Waals surface area contributed by atoms with Crippen LogP contribution in [-0.4, -0.2) is 18.1 Å². The summed E-state index contributed by atoms with van der Waals surface area (Å²) in [7, 11) is 0. The van der Waals surface area contributed by atoms with Crippen molar-refractivity contribution in [1.29, 1.82) is 0 Å². The summed E-state index contributed by atoms with van der Waals surface area (Å²) < 4.78 is 0. The second-order valence-corrected chi connectivity index (χ2v) is 5.63. The van der Waals surface area contributed by atoms with Crippen LogP contribution in [0.25, 0.3) is 0 Å². The molecule has 0 saturated carbocycles. The van der Waals surface area contributed by atoms with Gasteiger partial charge in [0.25, 0.3) is 0 Å². The predicted octanol–water partition coefficient (Wildman–Crippen LogP) is 3.20. The first-order valence-corrected chi connectivity index (χ1v) is 6.12. The summed E-state index contributed by atoms with van der Waals surface area (Å²) in [6.45, 7) is 7.54. The lowest BCUT2D eigenvalue weighted by molar-refractivity contribution is 0.457. The van der Waals surface area contributed by atoms with Crippen molar-refractivity contribution in [2.75, 3.05) is 11.9 Å². The molecule has 1 atom stereocenters. The Morgan fingerprint density at radius 2 is 2.19 bits per heavy atom. The molecule has 2 N–H and O–H groups in total. The van der Waals surface area contributed by atoms with Gasteiger partial charge in [0, 0.05) is 28.8 Å². The molecule has 1 fully saturated rings. The molecule has 1 aromatic carbocycles. The Morgan fingerprint density at radius 3 is 2.81 bits per heavy atom. The summed E-state index contributed by atoms with van der Waals surface area (Å²) >= 11 is 6.10. The van der Waals surface area contributed by atoms with Crippen molar-refractivity contribution in [3.63, 3.8) is 0 Å². The predicted molar refractivity (Wildman–Crippen MR) is 70.3 cm³/mol. The molecule has 1 aliphatic rings. The van der Waals surface area contributed by atoms with Crippen LogP contribution in [0.3, 0.4) is 0 Å². The molecular formula is C13H19ClN2. The SMILES string of the molecule is Cc1c(Cl)cccc1NC1CNC(C)(C)C1. The van der Waals surface area contributed by atoms with Crippen LogP contribution in [0, 0.1) is 6.92 Å². The van der Waals surface area contributed by atoms with E-state index in [9.17, 15) is 0 Å². The zero-order valence-electron chi connectivity index (χ0n) is 10.1. The number of benzene rings is 1. The number of nitrogens with one attached hydrogen (secondary N) is 2. The molecule has 1 aliphatic heterocycles. The fourth-order valence-electron chi connectivity index (χ4n) is 2.25. The lowest BCUT2D eigenvalue weighted by Crippen LogP contribution is -2.31. The minimum atomic E-state index is 0.240. The number of hydrogen-bond acceptors (Lipinski definition) is 2. The van der Waals surface area contributed by atoms with E-state index in [1.807, 2.05) is 12.1 Å². The molecule has 1 unspecified atom stereocenters. The van der Waals surface area contributed by atoms with E-state index in [4.69, 9.17) is 11.6 Å². The van der Waals surface area contributed by atoms with E-state index in [1.165, 1.54) is 0 Å². The molecule has 2 nitrogen and oxygen atoms in total. The third-order valence-corrected chi connectivity index (χ3v) is 3.62. The second kappa shape index (κ2) is 4.27. The maximum Gasteiger partial charge on any atom is 0.0455 e. The zero-order valence-corrected chi connectivity index (χ0v) is 10.9. The van der Waals surface area contributed by atoms with Gasteiger partial charge in [0.15, 0.2) is 0 Å². The third-order valence-electron chi connectivity index (χ3n) is 3.21. The van der Waals surface area contributed by atoms with Crippen LogP contribution in [-0.2, 0) is 0 Å². The molecule has 1 saturated heterocycles. The van der Waals surface area contributed by atoms with E-state index >= 15 is 0 Å². The van der Waals surface area contributed by atoms with Crippen molar-refractivity contribution in [2.45, 2.75) is 38.8 Å². The molecule has 0 aromatic heterocycles. The molecule has 2 rings (SSSR count). The minimum absolute atomic E-state index is 0.240. The average molecular weight is 239 g/mol. The monoisotopic (exact) mass is 238 g/mol. The minimum Gasteiger partial charge on any atom is -0.381 e. The molecule has 3 heteroatoms. The van der Waals surface area contributed by atoms with E-state index in [1.54, 1.807) is 0 Å². The van der Waals surface area contributed by atoms with Gasteiger partial charge in [-0.2, -0.15) is 0 Å². The first kappa shape index (κ1) is 11.7. The largest absolute Gasteiger partial charge is 0.381 e. The van der Waals surface area contributed by atoms with Crippen molar-refractivity contribution in [2.24, 2.45) is 0 Å². The normalized spacial score (nSPS) is 23.4. The summed E-state index contributed by atoms with van der Waals surface area (Å²) in [5, 5.41) is 7.89. The summed E-state index contributed by atoms with van der Waals surface area (Å²) in [6, 6.07) is 6.50. The summed E-state index contributed by atoms with van der Waals surface area (Å²) in [6.07, 6.45) is 1.14. The van der Waals surface area contributed by atoms with Gasteiger partial charge in [0.05, 0.1) is 0 Å². The number of hydrogen-bond donors (Lipinski definition) is 2. The second-order valence-electron chi connectivity index (χ2n) is 5.22. The Balaban J connectivity index is 2.08. The molecule has 0 radical (unpaired) electrons. The van der Waals surface area contributed by atoms with Crippen LogP contribution in [0.1, 0.15) is 25.8 Å². The molecule has 1 aromatic rings. The molecular weight excluding hydrogens is 220 g/mol. The van der Waals surface area contributed by atoms with Gasteiger partial charge in [-0.1, -0.05) is 17.7 Å². The standard InChI is InChI=1S/C13H19ClN2/c1-9-11(14)5-4-6-12(9)16-10-7-13(2,3)15-8-10/h4-6,10,15-16H,7-8H2,1-3H3. The Morgan fingerprint density at radius 1 is 1.44 bits per heavy atom. The highest BCUT2D eigenvalue weighted by molar-refractivity contribution is 6.31. The van der Waals surface area contributed by atoms with Crippen molar-refractivity contribution in [1.82, 2.24) is 5.32 Å². The van der Waals surface area contributed by atoms with Gasteiger partial charge in [0.1, 0.15) is 0 Å². The van der Waals surface area contributed by atoms with Gasteiger partial charge in [-0.05, 0) is 44.9 Å². The molecule has 16 heavy (non-hydrogen) atoms. The van der Waals surface area contributed by atoms with Crippen LogP contribution in [0.5, 0.6) is 0 Å². The molecule has 1 heterocycles. The van der Waals surface area contributed by atoms with Gasteiger partial charge < -0.3 is 10.6 Å². The van der Waals surface area contributed by atoms with Gasteiger partial charge >= 0.3 is 0 Å². The molecule has 0 spiro atoms. The van der Waals surface area contributed by atoms with Crippen LogP contribution in [0.4, 0.5) is 5.69 Å². The Hall–Kier alpha value is -0.730. The average Bonchev–Trinajstić information content (AvgIpc) is 2.53. The smallest absolute Gasteiger partial charge is 0.0455 e. The van der Waals surface area contributed by atoms with E-state index in [2.05, 4.69) is 37.5 Å². The molecule has 0 bridgehead atoms. The summed E-state index contributed by atoms with van der Waals surface area (Å²) in [4.78, 5) is 0. The summed E-state index contributed by atoms with van der Waals surface area (Å²) in [5.74, 6) is 0. The Bertz CT molecular complexity index is 388. The van der Waals surface area contributed by atoms with Crippen molar-refractivity contribution in [3.05, 3.63) is 28.8 Å². The molecule has 0 aliphatic carbocycles. The van der Waals surface area contributed by atoms with Crippen LogP contribution >= 0.6 is 11.6 Å². The van der Waals surface area contributed by atoms with Crippen molar-refractivity contribution in [3.8, 4) is 0 Å². The van der Waals surface area contributed by atoms with Crippen molar-refractivity contribution < 1.29 is 0 Å². The maximum atomic E-state index is 6.10. The topological polar surface area (TPSA) is 24.1 Å². The fraction of sp³-hybridized carbons (Fsp3) is 0.538. The first-order chi connectivity index (χ1) is 7.48. The number of halogens is 1. The highest BCUT2D eigenvalue weighted by Gasteiger charge is 2.30. The Kier molecular flexibility index (Phi) is 3.13. The van der Waals surface area contributed by atoms with Crippen LogP contribution in [0.2, 0.25) is 5.02 Å². The van der Waals surface area contributed by atoms with E-state index in [0.717, 1.165) is 29.2 Å². The first-order valence-electron chi connectivity index (χ1n) is 5.75. The van der Waals surface area contributed by atoms with E-state index < -0.39 is 0 Å². The number of rotatable bonds is 2. The third kappa shape index (κ3) is 2.50. The highest BCUT2D eigenvalue weighted by Crippen LogP contribution is 2.26. The Labute approximate surface area is 102 Å².